The molecule has 0 atom stereocenters. The van der Waals surface area contributed by atoms with Gasteiger partial charge in [-0.05, 0) is 119 Å². The molecule has 0 aromatic heterocycles. The van der Waals surface area contributed by atoms with Crippen LogP contribution in [0.25, 0.3) is 0 Å². The zero-order valence-corrected chi connectivity index (χ0v) is 45.0. The Morgan fingerprint density at radius 3 is 1.67 bits per heavy atom. The number of hydrogen-bond acceptors (Lipinski definition) is 14. The highest BCUT2D eigenvalue weighted by Gasteiger charge is 2.53. The number of thiocarbonyl (C=S) groups is 2. The second-order valence-electron chi connectivity index (χ2n) is 20.0. The molecule has 0 radical (unpaired) electrons. The van der Waals surface area contributed by atoms with Crippen LogP contribution in [0.3, 0.4) is 0 Å². The molecule has 0 saturated carbocycles. The number of hydrogen-bond donors (Lipinski definition) is 1. The molecule has 26 heteroatoms. The number of carbonyl (C=O) groups is 4. The number of amides is 2. The van der Waals surface area contributed by atoms with E-state index in [1.807, 2.05) is 4.90 Å². The number of piperazine rings is 2. The van der Waals surface area contributed by atoms with E-state index in [-0.39, 0.29) is 70.8 Å². The number of benzene rings is 4. The number of alkyl halides is 6. The van der Waals surface area contributed by atoms with E-state index in [1.54, 1.807) is 4.90 Å². The second kappa shape index (κ2) is 22.7. The van der Waals surface area contributed by atoms with Crippen molar-refractivity contribution in [2.24, 2.45) is 0 Å². The Kier molecular flexibility index (Phi) is 16.7. The van der Waals surface area contributed by atoms with Crippen LogP contribution in [0, 0.1) is 29.9 Å². The standard InChI is InChI=1S/C53H53F8N9O7S2/c1-31-40(68-47(74)51(4,5)70(49(68)79)35-9-13-41(39(55)28-35)75-24-22-64-16-14-63-15-17-64)11-10-36(44(31)53(59,60)61)45(72)77-43(71)30-66-20-18-65(19-21-66)23-25-76-42-12-8-34(27-38(42)54)69-48(78)67(46(73)50(69,2)3)33-7-6-32(29-62)37(26-33)52(56,57)58/h6-13,26-28,63H,14-25,30H2,1-5H3. The van der Waals surface area contributed by atoms with Gasteiger partial charge in [0.05, 0.1) is 46.2 Å². The minimum Gasteiger partial charge on any atom is -0.489 e. The molecule has 4 aliphatic heterocycles. The topological polar surface area (TPSA) is 154 Å². The molecule has 4 fully saturated rings. The van der Waals surface area contributed by atoms with Gasteiger partial charge in [0.15, 0.2) is 33.4 Å². The normalized spacial score (nSPS) is 18.4. The summed E-state index contributed by atoms with van der Waals surface area (Å²) in [6, 6.07) is 14.0. The molecule has 4 aromatic carbocycles. The van der Waals surface area contributed by atoms with Crippen molar-refractivity contribution < 1.29 is 68.5 Å². The van der Waals surface area contributed by atoms with Crippen molar-refractivity contribution >= 4 is 81.2 Å². The minimum absolute atomic E-state index is 0.00189. The highest BCUT2D eigenvalue weighted by atomic mass is 32.1. The molecule has 420 valence electrons. The van der Waals surface area contributed by atoms with Gasteiger partial charge in [-0.3, -0.25) is 38.9 Å². The highest BCUT2D eigenvalue weighted by Crippen LogP contribution is 2.44. The summed E-state index contributed by atoms with van der Waals surface area (Å²) in [6.45, 7) is 12.2. The van der Waals surface area contributed by atoms with Gasteiger partial charge in [0.25, 0.3) is 11.8 Å². The monoisotopic (exact) mass is 1140 g/mol. The van der Waals surface area contributed by atoms with E-state index in [2.05, 4.69) is 10.2 Å². The number of halogens is 8. The van der Waals surface area contributed by atoms with Gasteiger partial charge in [-0.1, -0.05) is 0 Å². The van der Waals surface area contributed by atoms with Crippen LogP contribution in [-0.4, -0.2) is 145 Å². The Bertz CT molecular complexity index is 3140. The van der Waals surface area contributed by atoms with Crippen LogP contribution in [0.5, 0.6) is 11.5 Å². The third-order valence-electron chi connectivity index (χ3n) is 14.1. The number of anilines is 4. The van der Waals surface area contributed by atoms with Gasteiger partial charge in [-0.2, -0.15) is 31.6 Å². The second-order valence-corrected chi connectivity index (χ2v) is 20.7. The fourth-order valence-corrected chi connectivity index (χ4v) is 11.0. The van der Waals surface area contributed by atoms with E-state index >= 15 is 8.78 Å². The minimum atomic E-state index is -5.17. The number of carbonyl (C=O) groups excluding carboxylic acids is 4. The Labute approximate surface area is 459 Å². The Hall–Kier alpha value is -6.89. The zero-order valence-electron chi connectivity index (χ0n) is 43.3. The van der Waals surface area contributed by atoms with Crippen molar-refractivity contribution in [2.75, 3.05) is 105 Å². The zero-order chi connectivity index (χ0) is 57.5. The Balaban J connectivity index is 0.840. The molecular formula is C53H53F8N9O7S2. The van der Waals surface area contributed by atoms with Gasteiger partial charge < -0.3 is 29.3 Å². The first-order chi connectivity index (χ1) is 37.1. The van der Waals surface area contributed by atoms with Crippen LogP contribution in [-0.2, 0) is 31.5 Å². The first-order valence-electron chi connectivity index (χ1n) is 24.8. The maximum atomic E-state index is 15.6. The summed E-state index contributed by atoms with van der Waals surface area (Å²) in [5.74, 6) is -5.86. The molecule has 0 spiro atoms. The van der Waals surface area contributed by atoms with Crippen molar-refractivity contribution in [2.45, 2.75) is 58.0 Å². The number of nitrogens with one attached hydrogen (secondary N) is 1. The number of esters is 2. The molecular weight excluding hydrogens is 1090 g/mol. The molecule has 4 heterocycles. The lowest BCUT2D eigenvalue weighted by Crippen LogP contribution is -2.49. The molecule has 16 nitrogen and oxygen atoms in total. The molecule has 1 N–H and O–H groups in total. The molecule has 79 heavy (non-hydrogen) atoms. The van der Waals surface area contributed by atoms with E-state index in [0.29, 0.717) is 32.2 Å². The van der Waals surface area contributed by atoms with Crippen molar-refractivity contribution in [3.8, 4) is 17.6 Å². The average Bonchev–Trinajstić information content (AvgIpc) is 3.99. The highest BCUT2D eigenvalue weighted by molar-refractivity contribution is 7.81. The Morgan fingerprint density at radius 2 is 1.16 bits per heavy atom. The maximum Gasteiger partial charge on any atom is 0.417 e. The largest absolute Gasteiger partial charge is 0.489 e. The van der Waals surface area contributed by atoms with E-state index < -0.39 is 93.2 Å². The number of ether oxygens (including phenoxy) is 3. The summed E-state index contributed by atoms with van der Waals surface area (Å²) in [4.78, 5) is 64.2. The maximum absolute atomic E-state index is 15.6. The fraction of sp³-hybridized carbons (Fsp3) is 0.415. The molecule has 4 aromatic rings. The van der Waals surface area contributed by atoms with Crippen LogP contribution in [0.1, 0.15) is 60.3 Å². The van der Waals surface area contributed by atoms with E-state index in [0.717, 1.165) is 73.2 Å². The summed E-state index contributed by atoms with van der Waals surface area (Å²) in [7, 11) is 0. The van der Waals surface area contributed by atoms with Crippen LogP contribution >= 0.6 is 24.4 Å². The van der Waals surface area contributed by atoms with Crippen LogP contribution in [0.15, 0.2) is 66.7 Å². The van der Waals surface area contributed by atoms with Crippen molar-refractivity contribution in [1.82, 2.24) is 20.0 Å². The molecule has 0 unspecified atom stereocenters. The van der Waals surface area contributed by atoms with Gasteiger partial charge in [0.1, 0.15) is 24.3 Å². The first-order valence-corrected chi connectivity index (χ1v) is 25.6. The third kappa shape index (κ3) is 11.9. The fourth-order valence-electron chi connectivity index (χ4n) is 9.92. The van der Waals surface area contributed by atoms with Crippen molar-refractivity contribution in [1.29, 1.82) is 5.26 Å². The molecule has 0 bridgehead atoms. The predicted octanol–water partition coefficient (Wildman–Crippen LogP) is 7.68. The average molecular weight is 1140 g/mol. The summed E-state index contributed by atoms with van der Waals surface area (Å²) in [5, 5.41) is 12.0. The lowest BCUT2D eigenvalue weighted by atomic mass is 9.98. The van der Waals surface area contributed by atoms with E-state index in [9.17, 15) is 50.8 Å². The SMILES string of the molecule is Cc1c(N2C(=O)C(C)(C)N(c3ccc(OCCN4CCNCC4)c(F)c3)C2=S)ccc(C(=O)OC(=O)CN2CCN(CCOc3ccc(N4C(=S)N(c5ccc(C#N)c(C(F)(F)F)c5)C(=O)C4(C)C)cc3F)CC2)c1C(F)(F)F. The van der Waals surface area contributed by atoms with Gasteiger partial charge >= 0.3 is 24.3 Å². The summed E-state index contributed by atoms with van der Waals surface area (Å²) >= 11 is 11.2. The van der Waals surface area contributed by atoms with Gasteiger partial charge in [0.2, 0.25) is 0 Å². The lowest BCUT2D eigenvalue weighted by Gasteiger charge is -2.33. The van der Waals surface area contributed by atoms with Crippen LogP contribution in [0.4, 0.5) is 57.9 Å². The summed E-state index contributed by atoms with van der Waals surface area (Å²) in [5.41, 5.74) is -8.11. The number of nitrogens with zero attached hydrogens (tertiary/aromatic N) is 8. The van der Waals surface area contributed by atoms with Crippen molar-refractivity contribution in [3.63, 3.8) is 0 Å². The molecule has 8 rings (SSSR count). The van der Waals surface area contributed by atoms with Gasteiger partial charge in [-0.25, -0.2) is 13.6 Å². The van der Waals surface area contributed by atoms with E-state index in [1.165, 1.54) is 73.9 Å². The number of nitriles is 1. The molecule has 0 aliphatic carbocycles. The Morgan fingerprint density at radius 1 is 0.671 bits per heavy atom. The van der Waals surface area contributed by atoms with Crippen LogP contribution < -0.4 is 34.4 Å². The quantitative estimate of drug-likeness (QED) is 0.0535. The smallest absolute Gasteiger partial charge is 0.417 e. The summed E-state index contributed by atoms with van der Waals surface area (Å²) < 4.78 is 133. The van der Waals surface area contributed by atoms with Crippen molar-refractivity contribution in [3.05, 3.63) is 106 Å². The predicted molar refractivity (Wildman–Crippen MR) is 282 cm³/mol. The number of rotatable bonds is 15. The van der Waals surface area contributed by atoms with E-state index in [4.69, 9.17) is 38.6 Å². The third-order valence-corrected chi connectivity index (χ3v) is 14.8. The van der Waals surface area contributed by atoms with Gasteiger partial charge in [0, 0.05) is 89.0 Å². The summed E-state index contributed by atoms with van der Waals surface area (Å²) in [6.07, 6.45) is -10.1. The first kappa shape index (κ1) is 58.3. The molecule has 2 amide bonds. The van der Waals surface area contributed by atoms with Crippen LogP contribution in [0.2, 0.25) is 0 Å². The molecule has 4 aliphatic rings. The lowest BCUT2D eigenvalue weighted by molar-refractivity contribution is -0.142. The molecule has 4 saturated heterocycles. The van der Waals surface area contributed by atoms with Gasteiger partial charge in [-0.15, -0.1) is 0 Å².